The lowest BCUT2D eigenvalue weighted by Gasteiger charge is -2.37. The Hall–Kier alpha value is -1.76. The van der Waals surface area contributed by atoms with Crippen LogP contribution in [0.4, 0.5) is 18.9 Å². The first-order valence-electron chi connectivity index (χ1n) is 9.52. The van der Waals surface area contributed by atoms with E-state index in [4.69, 9.17) is 4.74 Å². The van der Waals surface area contributed by atoms with Gasteiger partial charge in [-0.15, -0.1) is 0 Å². The second-order valence-electron chi connectivity index (χ2n) is 7.63. The molecule has 1 aromatic rings. The number of hydrogen-bond donors (Lipinski definition) is 0. The molecule has 7 heteroatoms. The van der Waals surface area contributed by atoms with E-state index < -0.39 is 11.7 Å². The molecule has 2 aliphatic rings. The van der Waals surface area contributed by atoms with Gasteiger partial charge in [0.15, 0.2) is 0 Å². The lowest BCUT2D eigenvalue weighted by molar-refractivity contribution is -0.146. The summed E-state index contributed by atoms with van der Waals surface area (Å²) >= 11 is 0. The number of likely N-dealkylation sites (N-methyl/N-ethyl adjacent to an activating group) is 1. The zero-order valence-electron chi connectivity index (χ0n) is 15.9. The first kappa shape index (κ1) is 20.0. The van der Waals surface area contributed by atoms with Crippen LogP contribution in [0.2, 0.25) is 0 Å². The molecule has 1 saturated heterocycles. The molecule has 4 nitrogen and oxygen atoms in total. The molecule has 0 amide bonds. The molecule has 0 aromatic heterocycles. The number of esters is 1. The van der Waals surface area contributed by atoms with Crippen molar-refractivity contribution in [1.29, 1.82) is 0 Å². The molecule has 3 rings (SSSR count). The van der Waals surface area contributed by atoms with Crippen molar-refractivity contribution in [3.8, 4) is 0 Å². The molecule has 0 N–H and O–H groups in total. The van der Waals surface area contributed by atoms with Crippen LogP contribution in [0.5, 0.6) is 0 Å². The van der Waals surface area contributed by atoms with Gasteiger partial charge in [0, 0.05) is 31.9 Å². The van der Waals surface area contributed by atoms with E-state index in [2.05, 4.69) is 16.8 Å². The highest BCUT2D eigenvalue weighted by atomic mass is 19.4. The average Bonchev–Trinajstić information content (AvgIpc) is 2.67. The molecule has 1 aliphatic heterocycles. The highest BCUT2D eigenvalue weighted by Crippen LogP contribution is 2.42. The maximum atomic E-state index is 13.3. The molecule has 1 saturated carbocycles. The predicted octanol–water partition coefficient (Wildman–Crippen LogP) is 3.90. The van der Waals surface area contributed by atoms with E-state index in [1.165, 1.54) is 19.2 Å². The van der Waals surface area contributed by atoms with Gasteiger partial charge < -0.3 is 14.5 Å². The second-order valence-corrected chi connectivity index (χ2v) is 7.63. The maximum Gasteiger partial charge on any atom is 0.416 e. The van der Waals surface area contributed by atoms with Crippen LogP contribution >= 0.6 is 0 Å². The van der Waals surface area contributed by atoms with Crippen molar-refractivity contribution >= 4 is 11.7 Å². The van der Waals surface area contributed by atoms with Crippen LogP contribution in [0, 0.1) is 5.92 Å². The van der Waals surface area contributed by atoms with Crippen molar-refractivity contribution in [3.05, 3.63) is 29.3 Å². The number of benzene rings is 1. The number of carbonyl (C=O) groups is 1. The molecule has 0 atom stereocenters. The minimum Gasteiger partial charge on any atom is -0.469 e. The number of anilines is 1. The van der Waals surface area contributed by atoms with Crippen molar-refractivity contribution < 1.29 is 22.7 Å². The summed E-state index contributed by atoms with van der Waals surface area (Å²) in [6.45, 7) is 3.42. The number of rotatable bonds is 3. The molecule has 0 radical (unpaired) electrons. The Morgan fingerprint density at radius 2 is 1.70 bits per heavy atom. The van der Waals surface area contributed by atoms with E-state index in [0.29, 0.717) is 25.7 Å². The largest absolute Gasteiger partial charge is 0.469 e. The van der Waals surface area contributed by atoms with Crippen molar-refractivity contribution in [3.63, 3.8) is 0 Å². The van der Waals surface area contributed by atoms with Gasteiger partial charge in [0.05, 0.1) is 18.6 Å². The van der Waals surface area contributed by atoms with Crippen molar-refractivity contribution in [2.45, 2.75) is 37.8 Å². The quantitative estimate of drug-likeness (QED) is 0.740. The number of halogens is 3. The first-order valence-corrected chi connectivity index (χ1v) is 9.52. The number of piperazine rings is 1. The smallest absolute Gasteiger partial charge is 0.416 e. The third-order valence-electron chi connectivity index (χ3n) is 5.90. The predicted molar refractivity (Wildman–Crippen MR) is 97.9 cm³/mol. The van der Waals surface area contributed by atoms with Gasteiger partial charge >= 0.3 is 12.1 Å². The Balaban J connectivity index is 1.86. The molecule has 0 bridgehead atoms. The van der Waals surface area contributed by atoms with E-state index in [1.54, 1.807) is 6.07 Å². The molecule has 1 heterocycles. The normalized spacial score (nSPS) is 24.7. The summed E-state index contributed by atoms with van der Waals surface area (Å²) in [5.74, 6) is -0.302. The monoisotopic (exact) mass is 384 g/mol. The van der Waals surface area contributed by atoms with Crippen molar-refractivity contribution in [1.82, 2.24) is 4.90 Å². The zero-order valence-corrected chi connectivity index (χ0v) is 15.9. The van der Waals surface area contributed by atoms with Crippen LogP contribution in [0.25, 0.3) is 0 Å². The van der Waals surface area contributed by atoms with Gasteiger partial charge in [0.2, 0.25) is 0 Å². The van der Waals surface area contributed by atoms with Crippen LogP contribution < -0.4 is 4.90 Å². The minimum absolute atomic E-state index is 0.0443. The highest BCUT2D eigenvalue weighted by Gasteiger charge is 2.34. The van der Waals surface area contributed by atoms with Crippen molar-refractivity contribution in [2.75, 3.05) is 45.2 Å². The Morgan fingerprint density at radius 1 is 1.07 bits per heavy atom. The van der Waals surface area contributed by atoms with Crippen LogP contribution in [0.1, 0.15) is 42.7 Å². The average molecular weight is 384 g/mol. The summed E-state index contributed by atoms with van der Waals surface area (Å²) in [4.78, 5) is 16.2. The van der Waals surface area contributed by atoms with Crippen LogP contribution in [0.3, 0.4) is 0 Å². The molecule has 1 aliphatic carbocycles. The van der Waals surface area contributed by atoms with Gasteiger partial charge in [-0.2, -0.15) is 13.2 Å². The lowest BCUT2D eigenvalue weighted by Crippen LogP contribution is -2.45. The standard InChI is InChI=1S/C20H27F3N2O2/c1-24-9-11-25(12-10-24)18-8-7-16(20(21,22)23)13-17(18)14-3-5-15(6-4-14)19(26)27-2/h7-8,13-15H,3-6,9-12H2,1-2H3/t14-,15-. The topological polar surface area (TPSA) is 32.8 Å². The molecule has 150 valence electrons. The maximum absolute atomic E-state index is 13.3. The number of carbonyl (C=O) groups excluding carboxylic acids is 1. The van der Waals surface area contributed by atoms with Crippen LogP contribution in [0.15, 0.2) is 18.2 Å². The van der Waals surface area contributed by atoms with Crippen LogP contribution in [-0.4, -0.2) is 51.2 Å². The summed E-state index contributed by atoms with van der Waals surface area (Å²) in [6.07, 6.45) is -1.60. The zero-order chi connectivity index (χ0) is 19.6. The van der Waals surface area contributed by atoms with E-state index in [9.17, 15) is 18.0 Å². The minimum atomic E-state index is -4.35. The molecule has 0 spiro atoms. The molecule has 27 heavy (non-hydrogen) atoms. The summed E-state index contributed by atoms with van der Waals surface area (Å²) in [6, 6.07) is 4.16. The Kier molecular flexibility index (Phi) is 5.99. The number of methoxy groups -OCH3 is 1. The van der Waals surface area contributed by atoms with Crippen LogP contribution in [-0.2, 0) is 15.7 Å². The molecular formula is C20H27F3N2O2. The molecule has 1 aromatic carbocycles. The van der Waals surface area contributed by atoms with Gasteiger partial charge in [0.1, 0.15) is 0 Å². The van der Waals surface area contributed by atoms with E-state index >= 15 is 0 Å². The van der Waals surface area contributed by atoms with Crippen molar-refractivity contribution in [2.24, 2.45) is 5.92 Å². The lowest BCUT2D eigenvalue weighted by atomic mass is 9.77. The number of nitrogens with zero attached hydrogens (tertiary/aromatic N) is 2. The highest BCUT2D eigenvalue weighted by molar-refractivity contribution is 5.72. The molecule has 0 unspecified atom stereocenters. The SMILES string of the molecule is COC(=O)[C@H]1CC[C@H](c2cc(C(F)(F)F)ccc2N2CCN(C)CC2)CC1. The Morgan fingerprint density at radius 3 is 2.26 bits per heavy atom. The van der Waals surface area contributed by atoms with E-state index in [1.807, 2.05) is 0 Å². The summed E-state index contributed by atoms with van der Waals surface area (Å²) in [7, 11) is 3.44. The number of alkyl halides is 3. The van der Waals surface area contributed by atoms with Gasteiger partial charge in [-0.1, -0.05) is 0 Å². The Bertz CT molecular complexity index is 662. The van der Waals surface area contributed by atoms with Gasteiger partial charge in [-0.05, 0) is 62.4 Å². The molecular weight excluding hydrogens is 357 g/mol. The number of ether oxygens (including phenoxy) is 1. The van der Waals surface area contributed by atoms with E-state index in [0.717, 1.165) is 37.4 Å². The van der Waals surface area contributed by atoms with Gasteiger partial charge in [-0.25, -0.2) is 0 Å². The summed E-state index contributed by atoms with van der Waals surface area (Å²) < 4.78 is 44.7. The summed E-state index contributed by atoms with van der Waals surface area (Å²) in [5, 5.41) is 0. The third-order valence-corrected chi connectivity index (χ3v) is 5.90. The number of hydrogen-bond acceptors (Lipinski definition) is 4. The fraction of sp³-hybridized carbons (Fsp3) is 0.650. The van der Waals surface area contributed by atoms with Gasteiger partial charge in [0.25, 0.3) is 0 Å². The van der Waals surface area contributed by atoms with Gasteiger partial charge in [-0.3, -0.25) is 4.79 Å². The fourth-order valence-electron chi connectivity index (χ4n) is 4.20. The third kappa shape index (κ3) is 4.57. The summed E-state index contributed by atoms with van der Waals surface area (Å²) in [5.41, 5.74) is 1.10. The first-order chi connectivity index (χ1) is 12.8. The fourth-order valence-corrected chi connectivity index (χ4v) is 4.20. The second kappa shape index (κ2) is 8.09. The van der Waals surface area contributed by atoms with E-state index in [-0.39, 0.29) is 17.8 Å². The Labute approximate surface area is 158 Å². The molecule has 2 fully saturated rings.